The van der Waals surface area contributed by atoms with E-state index in [4.69, 9.17) is 0 Å². The second-order valence-corrected chi connectivity index (χ2v) is 6.18. The van der Waals surface area contributed by atoms with Gasteiger partial charge in [0, 0.05) is 51.2 Å². The van der Waals surface area contributed by atoms with Crippen molar-refractivity contribution in [1.82, 2.24) is 19.8 Å². The van der Waals surface area contributed by atoms with Crippen molar-refractivity contribution in [2.75, 3.05) is 26.2 Å². The second-order valence-electron chi connectivity index (χ2n) is 6.18. The number of rotatable bonds is 4. The maximum atomic E-state index is 4.57. The molecule has 0 aromatic carbocycles. The highest BCUT2D eigenvalue weighted by Crippen LogP contribution is 2.27. The minimum atomic E-state index is 0.911. The summed E-state index contributed by atoms with van der Waals surface area (Å²) in [6.45, 7) is 5.87. The van der Waals surface area contributed by atoms with Crippen LogP contribution in [0.3, 0.4) is 0 Å². The first-order valence-corrected chi connectivity index (χ1v) is 7.93. The van der Waals surface area contributed by atoms with E-state index in [-0.39, 0.29) is 0 Å². The van der Waals surface area contributed by atoms with E-state index >= 15 is 0 Å². The van der Waals surface area contributed by atoms with E-state index in [1.54, 1.807) is 0 Å². The fourth-order valence-corrected chi connectivity index (χ4v) is 3.15. The summed E-state index contributed by atoms with van der Waals surface area (Å²) >= 11 is 0. The topological polar surface area (TPSA) is 35.2 Å². The molecule has 1 aliphatic heterocycles. The molecule has 21 heavy (non-hydrogen) atoms. The van der Waals surface area contributed by atoms with Gasteiger partial charge in [0.15, 0.2) is 0 Å². The molecule has 0 amide bonds. The Morgan fingerprint density at radius 3 is 2.57 bits per heavy atom. The first-order valence-electron chi connectivity index (χ1n) is 7.93. The highest BCUT2D eigenvalue weighted by Gasteiger charge is 2.30. The van der Waals surface area contributed by atoms with Gasteiger partial charge in [-0.25, -0.2) is 0 Å². The third-order valence-electron chi connectivity index (χ3n) is 4.57. The summed E-state index contributed by atoms with van der Waals surface area (Å²) < 4.78 is 0. The predicted octanol–water partition coefficient (Wildman–Crippen LogP) is 2.36. The van der Waals surface area contributed by atoms with Crippen molar-refractivity contribution in [3.8, 4) is 11.4 Å². The number of piperazine rings is 1. The fraction of sp³-hybridized carbons (Fsp3) is 0.471. The molecule has 0 spiro atoms. The van der Waals surface area contributed by atoms with Crippen LogP contribution in [0.4, 0.5) is 0 Å². The highest BCUT2D eigenvalue weighted by molar-refractivity contribution is 5.53. The van der Waals surface area contributed by atoms with Crippen LogP contribution in [0.15, 0.2) is 36.7 Å². The maximum absolute atomic E-state index is 4.57. The molecule has 2 aromatic heterocycles. The molecule has 2 aromatic rings. The molecule has 1 N–H and O–H groups in total. The van der Waals surface area contributed by atoms with Crippen molar-refractivity contribution in [3.05, 3.63) is 42.2 Å². The summed E-state index contributed by atoms with van der Waals surface area (Å²) in [5, 5.41) is 0. The summed E-state index contributed by atoms with van der Waals surface area (Å²) in [6, 6.07) is 9.29. The molecule has 2 aliphatic rings. The van der Waals surface area contributed by atoms with E-state index in [0.717, 1.165) is 24.0 Å². The van der Waals surface area contributed by atoms with Crippen molar-refractivity contribution in [3.63, 3.8) is 0 Å². The number of aromatic amines is 1. The van der Waals surface area contributed by atoms with Crippen LogP contribution in [0.1, 0.15) is 18.4 Å². The van der Waals surface area contributed by atoms with E-state index < -0.39 is 0 Å². The number of aromatic nitrogens is 2. The predicted molar refractivity (Wildman–Crippen MR) is 83.9 cm³/mol. The van der Waals surface area contributed by atoms with Gasteiger partial charge >= 0.3 is 0 Å². The summed E-state index contributed by atoms with van der Waals surface area (Å²) in [5.41, 5.74) is 3.41. The molecule has 0 atom stereocenters. The molecule has 110 valence electrons. The van der Waals surface area contributed by atoms with Crippen LogP contribution in [0, 0.1) is 0 Å². The average Bonchev–Trinajstić information content (AvgIpc) is 3.23. The minimum absolute atomic E-state index is 0.911. The van der Waals surface area contributed by atoms with Gasteiger partial charge in [0.2, 0.25) is 0 Å². The van der Waals surface area contributed by atoms with Crippen LogP contribution in [-0.4, -0.2) is 52.0 Å². The lowest BCUT2D eigenvalue weighted by Gasteiger charge is -2.34. The van der Waals surface area contributed by atoms with Crippen molar-refractivity contribution in [2.24, 2.45) is 0 Å². The Morgan fingerprint density at radius 1 is 1.10 bits per heavy atom. The number of nitrogens with zero attached hydrogens (tertiary/aromatic N) is 3. The number of hydrogen-bond donors (Lipinski definition) is 1. The Morgan fingerprint density at radius 2 is 1.95 bits per heavy atom. The Labute approximate surface area is 125 Å². The van der Waals surface area contributed by atoms with Crippen LogP contribution in [0.2, 0.25) is 0 Å². The maximum Gasteiger partial charge on any atom is 0.0864 e. The van der Waals surface area contributed by atoms with Crippen molar-refractivity contribution in [1.29, 1.82) is 0 Å². The highest BCUT2D eigenvalue weighted by atomic mass is 15.3. The van der Waals surface area contributed by atoms with Crippen LogP contribution >= 0.6 is 0 Å². The average molecular weight is 282 g/mol. The van der Waals surface area contributed by atoms with Gasteiger partial charge in [-0.05, 0) is 36.6 Å². The minimum Gasteiger partial charge on any atom is -0.360 e. The number of hydrogen-bond acceptors (Lipinski definition) is 3. The van der Waals surface area contributed by atoms with Gasteiger partial charge in [-0.1, -0.05) is 6.07 Å². The molecule has 0 bridgehead atoms. The van der Waals surface area contributed by atoms with E-state index in [1.807, 2.05) is 18.5 Å². The molecule has 4 rings (SSSR count). The molecule has 1 aliphatic carbocycles. The Balaban J connectivity index is 1.34. The lowest BCUT2D eigenvalue weighted by atomic mass is 10.2. The van der Waals surface area contributed by atoms with Gasteiger partial charge in [0.25, 0.3) is 0 Å². The second kappa shape index (κ2) is 5.62. The zero-order valence-corrected chi connectivity index (χ0v) is 12.3. The van der Waals surface area contributed by atoms with Crippen LogP contribution in [-0.2, 0) is 6.54 Å². The van der Waals surface area contributed by atoms with Crippen molar-refractivity contribution < 1.29 is 0 Å². The molecule has 2 fully saturated rings. The zero-order valence-electron chi connectivity index (χ0n) is 12.3. The van der Waals surface area contributed by atoms with Crippen LogP contribution in [0.5, 0.6) is 0 Å². The Kier molecular flexibility index (Phi) is 3.49. The first-order chi connectivity index (χ1) is 10.4. The number of H-pyrrole nitrogens is 1. The van der Waals surface area contributed by atoms with Gasteiger partial charge in [0.1, 0.15) is 0 Å². The molecular weight excluding hydrogens is 260 g/mol. The monoisotopic (exact) mass is 282 g/mol. The molecular formula is C17H22N4. The summed E-state index contributed by atoms with van der Waals surface area (Å²) in [4.78, 5) is 13.0. The molecule has 4 heteroatoms. The lowest BCUT2D eigenvalue weighted by Crippen LogP contribution is -2.46. The fourth-order valence-electron chi connectivity index (χ4n) is 3.15. The quantitative estimate of drug-likeness (QED) is 0.935. The lowest BCUT2D eigenvalue weighted by molar-refractivity contribution is 0.121. The summed E-state index contributed by atoms with van der Waals surface area (Å²) in [5.74, 6) is 0. The zero-order chi connectivity index (χ0) is 14.1. The Bertz CT molecular complexity index is 563. The van der Waals surface area contributed by atoms with Crippen molar-refractivity contribution >= 4 is 0 Å². The standard InChI is InChI=1S/C17H22N4/c1-2-16(18-7-1)17-6-3-14(12-19-17)13-20-8-10-21(11-9-20)15-4-5-15/h1-3,6-7,12,15,18H,4-5,8-11,13H2. The van der Waals surface area contributed by atoms with Crippen molar-refractivity contribution in [2.45, 2.75) is 25.4 Å². The smallest absolute Gasteiger partial charge is 0.0864 e. The normalized spacial score (nSPS) is 20.8. The van der Waals surface area contributed by atoms with E-state index in [0.29, 0.717) is 0 Å². The third kappa shape index (κ3) is 3.01. The SMILES string of the molecule is c1c[nH]c(-c2ccc(CN3CCN(C4CC4)CC3)cn2)c1. The van der Waals surface area contributed by atoms with Gasteiger partial charge in [-0.3, -0.25) is 14.8 Å². The third-order valence-corrected chi connectivity index (χ3v) is 4.57. The van der Waals surface area contributed by atoms with Crippen LogP contribution in [0.25, 0.3) is 11.4 Å². The number of nitrogens with one attached hydrogen (secondary N) is 1. The number of pyridine rings is 1. The molecule has 1 saturated carbocycles. The van der Waals surface area contributed by atoms with E-state index in [2.05, 4.69) is 38.0 Å². The van der Waals surface area contributed by atoms with Gasteiger partial charge in [-0.15, -0.1) is 0 Å². The first kappa shape index (κ1) is 13.0. The van der Waals surface area contributed by atoms with Gasteiger partial charge in [-0.2, -0.15) is 0 Å². The van der Waals surface area contributed by atoms with Gasteiger partial charge in [0.05, 0.1) is 11.4 Å². The summed E-state index contributed by atoms with van der Waals surface area (Å²) in [7, 11) is 0. The molecule has 3 heterocycles. The van der Waals surface area contributed by atoms with E-state index in [1.165, 1.54) is 44.6 Å². The Hall–Kier alpha value is -1.65. The van der Waals surface area contributed by atoms with Crippen LogP contribution < -0.4 is 0 Å². The molecule has 4 nitrogen and oxygen atoms in total. The molecule has 0 radical (unpaired) electrons. The largest absolute Gasteiger partial charge is 0.360 e. The van der Waals surface area contributed by atoms with E-state index in [9.17, 15) is 0 Å². The molecule has 0 unspecified atom stereocenters. The van der Waals surface area contributed by atoms with Gasteiger partial charge < -0.3 is 4.98 Å². The molecule has 1 saturated heterocycles. The summed E-state index contributed by atoms with van der Waals surface area (Å²) in [6.07, 6.45) is 6.79.